The highest BCUT2D eigenvalue weighted by molar-refractivity contribution is 6.29. The molecule has 1 atom stereocenters. The topological polar surface area (TPSA) is 103 Å². The van der Waals surface area contributed by atoms with Gasteiger partial charge in [0.05, 0.1) is 18.3 Å². The molecule has 8 nitrogen and oxygen atoms in total. The number of rotatable bonds is 6. The molecule has 0 bridgehead atoms. The Kier molecular flexibility index (Phi) is 5.75. The van der Waals surface area contributed by atoms with Crippen molar-refractivity contribution in [3.05, 3.63) is 87.6 Å². The second-order valence-electron chi connectivity index (χ2n) is 8.27. The molecule has 0 amide bonds. The van der Waals surface area contributed by atoms with E-state index in [1.165, 1.54) is 0 Å². The summed E-state index contributed by atoms with van der Waals surface area (Å²) in [7, 11) is 0. The number of hydrogen-bond acceptors (Lipinski definition) is 6. The number of allylic oxidation sites excluding steroid dienone is 2. The lowest BCUT2D eigenvalue weighted by atomic mass is 9.86. The van der Waals surface area contributed by atoms with E-state index in [4.69, 9.17) is 16.3 Å². The van der Waals surface area contributed by atoms with Crippen molar-refractivity contribution in [1.82, 2.24) is 25.0 Å². The van der Waals surface area contributed by atoms with E-state index in [0.717, 1.165) is 33.3 Å². The summed E-state index contributed by atoms with van der Waals surface area (Å²) in [6.45, 7) is 3.95. The molecule has 1 aromatic carbocycles. The maximum Gasteiger partial charge on any atom is 0.358 e. The number of halogens is 1. The van der Waals surface area contributed by atoms with Crippen molar-refractivity contribution >= 4 is 34.3 Å². The minimum atomic E-state index is -0.526. The Morgan fingerprint density at radius 3 is 2.82 bits per heavy atom. The van der Waals surface area contributed by atoms with Crippen LogP contribution in [0.5, 0.6) is 0 Å². The number of benzene rings is 1. The summed E-state index contributed by atoms with van der Waals surface area (Å²) in [5.74, 6) is -0.504. The van der Waals surface area contributed by atoms with Crippen LogP contribution in [0.4, 0.5) is 0 Å². The standard InChI is InChI=1S/C25H22ClN5O3/c1-3-34-25(33)20-11-18-8-14(2)23(24(31(18)30-20)16-5-7-22(26)27-12-16)21(32)10-15-4-6-19-17(9-15)13-28-29-19/h4-7,9,11-13,24H,3,8,10H2,1-2H3,(H,28,29). The molecule has 1 N–H and O–H groups in total. The average molecular weight is 476 g/mol. The second-order valence-corrected chi connectivity index (χ2v) is 8.65. The molecule has 0 fully saturated rings. The summed E-state index contributed by atoms with van der Waals surface area (Å²) in [6, 6.07) is 10.5. The normalized spacial score (nSPS) is 15.4. The molecular formula is C25H22ClN5O3. The Bertz CT molecular complexity index is 1430. The Morgan fingerprint density at radius 1 is 1.21 bits per heavy atom. The number of carbonyl (C=O) groups is 2. The van der Waals surface area contributed by atoms with E-state index in [2.05, 4.69) is 20.3 Å². The number of carbonyl (C=O) groups excluding carboxylic acids is 2. The van der Waals surface area contributed by atoms with Gasteiger partial charge in [-0.1, -0.05) is 29.3 Å². The fraction of sp³-hybridized carbons (Fsp3) is 0.240. The predicted octanol–water partition coefficient (Wildman–Crippen LogP) is 4.26. The largest absolute Gasteiger partial charge is 0.461 e. The van der Waals surface area contributed by atoms with Crippen LogP contribution in [0, 0.1) is 0 Å². The molecule has 3 aromatic heterocycles. The zero-order chi connectivity index (χ0) is 23.8. The van der Waals surface area contributed by atoms with Gasteiger partial charge in [0.25, 0.3) is 0 Å². The van der Waals surface area contributed by atoms with Crippen molar-refractivity contribution < 1.29 is 14.3 Å². The molecule has 0 radical (unpaired) electrons. The first-order valence-electron chi connectivity index (χ1n) is 11.0. The predicted molar refractivity (Wildman–Crippen MR) is 127 cm³/mol. The number of H-pyrrole nitrogens is 1. The molecule has 4 aromatic rings. The molecule has 1 aliphatic rings. The molecule has 0 saturated carbocycles. The van der Waals surface area contributed by atoms with E-state index in [-0.39, 0.29) is 24.5 Å². The molecule has 0 aliphatic carbocycles. The fourth-order valence-corrected chi connectivity index (χ4v) is 4.56. The van der Waals surface area contributed by atoms with Crippen molar-refractivity contribution in [2.75, 3.05) is 6.61 Å². The van der Waals surface area contributed by atoms with Gasteiger partial charge in [0, 0.05) is 35.7 Å². The van der Waals surface area contributed by atoms with Crippen LogP contribution in [-0.2, 0) is 22.4 Å². The highest BCUT2D eigenvalue weighted by atomic mass is 35.5. The van der Waals surface area contributed by atoms with Crippen molar-refractivity contribution in [3.63, 3.8) is 0 Å². The Labute approximate surface area is 200 Å². The van der Waals surface area contributed by atoms with E-state index in [1.807, 2.05) is 31.2 Å². The van der Waals surface area contributed by atoms with Gasteiger partial charge >= 0.3 is 5.97 Å². The van der Waals surface area contributed by atoms with Crippen molar-refractivity contribution in [1.29, 1.82) is 0 Å². The van der Waals surface area contributed by atoms with Crippen LogP contribution in [0.25, 0.3) is 10.9 Å². The van der Waals surface area contributed by atoms with Gasteiger partial charge in [-0.15, -0.1) is 0 Å². The highest BCUT2D eigenvalue weighted by Crippen LogP contribution is 2.36. The number of nitrogens with zero attached hydrogens (tertiary/aromatic N) is 4. The number of aromatic amines is 1. The number of aromatic nitrogens is 5. The molecule has 5 rings (SSSR count). The third-order valence-electron chi connectivity index (χ3n) is 5.96. The molecule has 1 aliphatic heterocycles. The number of nitrogens with one attached hydrogen (secondary N) is 1. The monoisotopic (exact) mass is 475 g/mol. The number of ether oxygens (including phenoxy) is 1. The highest BCUT2D eigenvalue weighted by Gasteiger charge is 2.34. The van der Waals surface area contributed by atoms with Crippen LogP contribution < -0.4 is 0 Å². The van der Waals surface area contributed by atoms with Crippen LogP contribution in [0.2, 0.25) is 5.15 Å². The summed E-state index contributed by atoms with van der Waals surface area (Å²) >= 11 is 6.02. The number of esters is 1. The zero-order valence-electron chi connectivity index (χ0n) is 18.7. The lowest BCUT2D eigenvalue weighted by molar-refractivity contribution is -0.115. The summed E-state index contributed by atoms with van der Waals surface area (Å²) < 4.78 is 6.87. The quantitative estimate of drug-likeness (QED) is 0.330. The number of hydrogen-bond donors (Lipinski definition) is 1. The maximum atomic E-state index is 13.7. The molecule has 172 valence electrons. The molecule has 9 heteroatoms. The van der Waals surface area contributed by atoms with Gasteiger partial charge in [-0.25, -0.2) is 9.78 Å². The third kappa shape index (κ3) is 4.01. The molecule has 4 heterocycles. The van der Waals surface area contributed by atoms with Gasteiger partial charge in [0.15, 0.2) is 11.5 Å². The van der Waals surface area contributed by atoms with E-state index in [9.17, 15) is 9.59 Å². The summed E-state index contributed by atoms with van der Waals surface area (Å²) in [4.78, 5) is 30.3. The fourth-order valence-electron chi connectivity index (χ4n) is 4.45. The zero-order valence-corrected chi connectivity index (χ0v) is 19.5. The first-order valence-corrected chi connectivity index (χ1v) is 11.3. The van der Waals surface area contributed by atoms with E-state index in [1.54, 1.807) is 36.1 Å². The van der Waals surface area contributed by atoms with Crippen molar-refractivity contribution in [2.24, 2.45) is 0 Å². The van der Waals surface area contributed by atoms with Gasteiger partial charge in [-0.05, 0) is 49.2 Å². The van der Waals surface area contributed by atoms with Gasteiger partial charge in [0.1, 0.15) is 11.2 Å². The van der Waals surface area contributed by atoms with Gasteiger partial charge in [-0.2, -0.15) is 10.2 Å². The minimum absolute atomic E-state index is 0.0147. The average Bonchev–Trinajstić information content (AvgIpc) is 3.45. The minimum Gasteiger partial charge on any atom is -0.461 e. The SMILES string of the molecule is CCOC(=O)c1cc2n(n1)C(c1ccc(Cl)nc1)C(C(=O)Cc1ccc3[nH]ncc3c1)=C(C)C2. The number of ketones is 1. The van der Waals surface area contributed by atoms with Crippen LogP contribution in [0.1, 0.15) is 47.2 Å². The first kappa shape index (κ1) is 22.0. The van der Waals surface area contributed by atoms with Gasteiger partial charge in [-0.3, -0.25) is 14.6 Å². The van der Waals surface area contributed by atoms with E-state index < -0.39 is 12.0 Å². The van der Waals surface area contributed by atoms with Crippen LogP contribution in [0.3, 0.4) is 0 Å². The lowest BCUT2D eigenvalue weighted by Gasteiger charge is -2.29. The summed E-state index contributed by atoms with van der Waals surface area (Å²) in [5.41, 5.74) is 5.19. The van der Waals surface area contributed by atoms with Crippen LogP contribution in [-0.4, -0.2) is 43.3 Å². The Hall–Kier alpha value is -3.78. The Balaban J connectivity index is 1.55. The molecule has 34 heavy (non-hydrogen) atoms. The lowest BCUT2D eigenvalue weighted by Crippen LogP contribution is -2.28. The van der Waals surface area contributed by atoms with E-state index in [0.29, 0.717) is 17.1 Å². The second kappa shape index (κ2) is 8.87. The summed E-state index contributed by atoms with van der Waals surface area (Å²) in [6.07, 6.45) is 4.12. The first-order chi connectivity index (χ1) is 16.4. The molecule has 0 saturated heterocycles. The molecule has 1 unspecified atom stereocenters. The number of Topliss-reactive ketones (excluding diaryl/α,β-unsaturated/α-hetero) is 1. The maximum absolute atomic E-state index is 13.7. The summed E-state index contributed by atoms with van der Waals surface area (Å²) in [5, 5.41) is 12.8. The Morgan fingerprint density at radius 2 is 2.06 bits per heavy atom. The van der Waals surface area contributed by atoms with Gasteiger partial charge in [0.2, 0.25) is 0 Å². The molecule has 0 spiro atoms. The third-order valence-corrected chi connectivity index (χ3v) is 6.18. The van der Waals surface area contributed by atoms with Crippen LogP contribution >= 0.6 is 11.6 Å². The number of pyridine rings is 1. The van der Waals surface area contributed by atoms with Crippen molar-refractivity contribution in [2.45, 2.75) is 32.7 Å². The molecular weight excluding hydrogens is 454 g/mol. The van der Waals surface area contributed by atoms with Gasteiger partial charge < -0.3 is 4.74 Å². The smallest absolute Gasteiger partial charge is 0.358 e. The number of fused-ring (bicyclic) bond motifs is 2. The van der Waals surface area contributed by atoms with Crippen LogP contribution in [0.15, 0.2) is 59.9 Å². The van der Waals surface area contributed by atoms with Crippen molar-refractivity contribution in [3.8, 4) is 0 Å². The van der Waals surface area contributed by atoms with E-state index >= 15 is 0 Å².